The summed E-state index contributed by atoms with van der Waals surface area (Å²) in [7, 11) is 5.47. The number of benzene rings is 1. The van der Waals surface area contributed by atoms with E-state index in [0.29, 0.717) is 23.2 Å². The van der Waals surface area contributed by atoms with Crippen LogP contribution in [0.15, 0.2) is 30.5 Å². The van der Waals surface area contributed by atoms with Crippen LogP contribution < -0.4 is 5.32 Å². The Hall–Kier alpha value is -2.54. The minimum atomic E-state index is -0.277. The average molecular weight is 371 g/mol. The molecule has 144 valence electrons. The molecule has 0 radical (unpaired) electrons. The van der Waals surface area contributed by atoms with E-state index in [2.05, 4.69) is 27.2 Å². The fourth-order valence-electron chi connectivity index (χ4n) is 3.30. The Morgan fingerprint density at radius 1 is 1.33 bits per heavy atom. The van der Waals surface area contributed by atoms with Gasteiger partial charge in [-0.25, -0.2) is 14.4 Å². The van der Waals surface area contributed by atoms with Crippen molar-refractivity contribution in [2.24, 2.45) is 0 Å². The minimum absolute atomic E-state index is 0.130. The Morgan fingerprint density at radius 2 is 2.04 bits per heavy atom. The number of carbonyl (C=O) groups is 1. The largest absolute Gasteiger partial charge is 0.364 e. The lowest BCUT2D eigenvalue weighted by atomic mass is 9.97. The molecule has 1 aliphatic heterocycles. The maximum Gasteiger partial charge on any atom is 0.273 e. The number of carbonyl (C=O) groups excluding carboxylic acids is 1. The molecule has 0 aliphatic carbocycles. The lowest BCUT2D eigenvalue weighted by Crippen LogP contribution is -2.27. The smallest absolute Gasteiger partial charge is 0.273 e. The van der Waals surface area contributed by atoms with Gasteiger partial charge in [0.15, 0.2) is 0 Å². The van der Waals surface area contributed by atoms with E-state index >= 15 is 0 Å². The maximum absolute atomic E-state index is 13.3. The van der Waals surface area contributed by atoms with E-state index in [0.717, 1.165) is 25.1 Å². The molecule has 0 saturated carbocycles. The van der Waals surface area contributed by atoms with Crippen LogP contribution in [-0.2, 0) is 0 Å². The van der Waals surface area contributed by atoms with Gasteiger partial charge in [-0.15, -0.1) is 0 Å². The quantitative estimate of drug-likeness (QED) is 0.875. The van der Waals surface area contributed by atoms with Gasteiger partial charge in [-0.1, -0.05) is 19.1 Å². The highest BCUT2D eigenvalue weighted by Crippen LogP contribution is 2.29. The van der Waals surface area contributed by atoms with Gasteiger partial charge in [0.2, 0.25) is 0 Å². The van der Waals surface area contributed by atoms with Crippen molar-refractivity contribution >= 4 is 11.7 Å². The van der Waals surface area contributed by atoms with Gasteiger partial charge in [-0.3, -0.25) is 4.79 Å². The van der Waals surface area contributed by atoms with Crippen LogP contribution in [0.3, 0.4) is 0 Å². The first-order valence-corrected chi connectivity index (χ1v) is 9.14. The fraction of sp³-hybridized carbons (Fsp3) is 0.450. The SMILES string of the molecule is C[C@@H](c1ccc(F)cc1)c1nc(C(=O)N(C)C)cnc1NC1CCN(C)C1. The lowest BCUT2D eigenvalue weighted by molar-refractivity contribution is 0.0821. The molecular weight excluding hydrogens is 345 g/mol. The maximum atomic E-state index is 13.3. The molecule has 6 nitrogen and oxygen atoms in total. The Bertz CT molecular complexity index is 809. The van der Waals surface area contributed by atoms with Crippen molar-refractivity contribution in [1.29, 1.82) is 0 Å². The number of hydrogen-bond acceptors (Lipinski definition) is 5. The van der Waals surface area contributed by atoms with Crippen LogP contribution in [-0.4, -0.2) is 65.9 Å². The second-order valence-corrected chi connectivity index (χ2v) is 7.35. The summed E-state index contributed by atoms with van der Waals surface area (Å²) in [5.41, 5.74) is 1.92. The summed E-state index contributed by atoms with van der Waals surface area (Å²) in [5, 5.41) is 3.48. The third kappa shape index (κ3) is 4.42. The molecule has 0 bridgehead atoms. The predicted octanol–water partition coefficient (Wildman–Crippen LogP) is 2.59. The van der Waals surface area contributed by atoms with E-state index in [1.54, 1.807) is 26.2 Å². The Kier molecular flexibility index (Phi) is 5.70. The molecule has 2 aromatic rings. The Labute approximate surface area is 159 Å². The molecule has 3 rings (SSSR count). The molecular formula is C20H26FN5O. The number of likely N-dealkylation sites (N-methyl/N-ethyl adjacent to an activating group) is 1. The van der Waals surface area contributed by atoms with Gasteiger partial charge in [0.1, 0.15) is 17.3 Å². The molecule has 1 unspecified atom stereocenters. The number of hydrogen-bond donors (Lipinski definition) is 1. The number of nitrogens with zero attached hydrogens (tertiary/aromatic N) is 4. The van der Waals surface area contributed by atoms with E-state index < -0.39 is 0 Å². The van der Waals surface area contributed by atoms with Gasteiger partial charge in [0, 0.05) is 32.6 Å². The molecule has 7 heteroatoms. The van der Waals surface area contributed by atoms with E-state index in [-0.39, 0.29) is 17.6 Å². The molecule has 2 atom stereocenters. The van der Waals surface area contributed by atoms with Crippen LogP contribution in [0.25, 0.3) is 0 Å². The van der Waals surface area contributed by atoms with Crippen LogP contribution in [0.4, 0.5) is 10.2 Å². The normalized spacial score (nSPS) is 18.3. The number of likely N-dealkylation sites (tertiary alicyclic amines) is 1. The number of halogens is 1. The van der Waals surface area contributed by atoms with Crippen molar-refractivity contribution in [3.63, 3.8) is 0 Å². The first kappa shape index (κ1) is 19.2. The summed E-state index contributed by atoms with van der Waals surface area (Å²) in [6.45, 7) is 3.96. The molecule has 27 heavy (non-hydrogen) atoms. The van der Waals surface area contributed by atoms with Gasteiger partial charge in [-0.2, -0.15) is 0 Å². The zero-order chi connectivity index (χ0) is 19.6. The van der Waals surface area contributed by atoms with Crippen molar-refractivity contribution in [3.05, 3.63) is 53.2 Å². The molecule has 1 saturated heterocycles. The predicted molar refractivity (Wildman–Crippen MR) is 103 cm³/mol. The van der Waals surface area contributed by atoms with Crippen LogP contribution in [0.2, 0.25) is 0 Å². The van der Waals surface area contributed by atoms with Crippen molar-refractivity contribution < 1.29 is 9.18 Å². The van der Waals surface area contributed by atoms with Gasteiger partial charge in [0.25, 0.3) is 5.91 Å². The highest BCUT2D eigenvalue weighted by atomic mass is 19.1. The van der Waals surface area contributed by atoms with Gasteiger partial charge >= 0.3 is 0 Å². The molecule has 2 heterocycles. The van der Waals surface area contributed by atoms with Crippen LogP contribution in [0.5, 0.6) is 0 Å². The van der Waals surface area contributed by atoms with E-state index in [1.807, 2.05) is 6.92 Å². The highest BCUT2D eigenvalue weighted by Gasteiger charge is 2.24. The average Bonchev–Trinajstić information content (AvgIpc) is 3.06. The Balaban J connectivity index is 1.96. The molecule has 1 fully saturated rings. The zero-order valence-electron chi connectivity index (χ0n) is 16.2. The zero-order valence-corrected chi connectivity index (χ0v) is 16.2. The molecule has 1 aliphatic rings. The second-order valence-electron chi connectivity index (χ2n) is 7.35. The molecule has 1 amide bonds. The second kappa shape index (κ2) is 8.00. The molecule has 1 aromatic heterocycles. The topological polar surface area (TPSA) is 61.4 Å². The lowest BCUT2D eigenvalue weighted by Gasteiger charge is -2.20. The fourth-order valence-corrected chi connectivity index (χ4v) is 3.30. The van der Waals surface area contributed by atoms with E-state index in [9.17, 15) is 9.18 Å². The van der Waals surface area contributed by atoms with Crippen molar-refractivity contribution in [2.45, 2.75) is 25.3 Å². The summed E-state index contributed by atoms with van der Waals surface area (Å²) in [6, 6.07) is 6.66. The number of amides is 1. The van der Waals surface area contributed by atoms with E-state index in [1.165, 1.54) is 23.2 Å². The van der Waals surface area contributed by atoms with Crippen LogP contribution in [0, 0.1) is 5.82 Å². The van der Waals surface area contributed by atoms with Gasteiger partial charge in [-0.05, 0) is 37.7 Å². The van der Waals surface area contributed by atoms with Gasteiger partial charge < -0.3 is 15.1 Å². The number of anilines is 1. The van der Waals surface area contributed by atoms with Gasteiger partial charge in [0.05, 0.1) is 11.9 Å². The standard InChI is InChI=1S/C20H26FN5O/c1-13(14-5-7-15(21)8-6-14)18-19(23-16-9-10-26(4)12-16)22-11-17(24-18)20(27)25(2)3/h5-8,11,13,16H,9-10,12H2,1-4H3,(H,22,23)/t13-,16?/m0/s1. The first-order valence-electron chi connectivity index (χ1n) is 9.14. The summed E-state index contributed by atoms with van der Waals surface area (Å²) < 4.78 is 13.3. The third-order valence-electron chi connectivity index (χ3n) is 4.94. The van der Waals surface area contributed by atoms with Crippen molar-refractivity contribution in [3.8, 4) is 0 Å². The summed E-state index contributed by atoms with van der Waals surface area (Å²) >= 11 is 0. The van der Waals surface area contributed by atoms with E-state index in [4.69, 9.17) is 0 Å². The molecule has 0 spiro atoms. The number of nitrogens with one attached hydrogen (secondary N) is 1. The first-order chi connectivity index (χ1) is 12.8. The third-order valence-corrected chi connectivity index (χ3v) is 4.94. The van der Waals surface area contributed by atoms with Crippen LogP contribution >= 0.6 is 0 Å². The summed E-state index contributed by atoms with van der Waals surface area (Å²) in [6.07, 6.45) is 2.55. The molecule has 1 N–H and O–H groups in total. The Morgan fingerprint density at radius 3 is 2.63 bits per heavy atom. The number of rotatable bonds is 5. The van der Waals surface area contributed by atoms with Crippen molar-refractivity contribution in [2.75, 3.05) is 39.5 Å². The molecule has 1 aromatic carbocycles. The highest BCUT2D eigenvalue weighted by molar-refractivity contribution is 5.91. The monoisotopic (exact) mass is 371 g/mol. The van der Waals surface area contributed by atoms with Crippen LogP contribution in [0.1, 0.15) is 41.0 Å². The summed E-state index contributed by atoms with van der Waals surface area (Å²) in [5.74, 6) is 0.0835. The summed E-state index contributed by atoms with van der Waals surface area (Å²) in [4.78, 5) is 25.2. The minimum Gasteiger partial charge on any atom is -0.364 e. The number of aromatic nitrogens is 2. The van der Waals surface area contributed by atoms with Crippen molar-refractivity contribution in [1.82, 2.24) is 19.8 Å².